The number of ether oxygens (including phenoxy) is 5. The first-order valence-electron chi connectivity index (χ1n) is 8.93. The highest BCUT2D eigenvalue weighted by Gasteiger charge is 2.62. The molecular formula is C17H25ClO7. The predicted octanol–water partition coefficient (Wildman–Crippen LogP) is 1.33. The molecule has 4 aliphatic rings. The van der Waals surface area contributed by atoms with Gasteiger partial charge in [-0.05, 0) is 6.42 Å². The van der Waals surface area contributed by atoms with Crippen LogP contribution >= 0.6 is 11.6 Å². The van der Waals surface area contributed by atoms with Crippen molar-refractivity contribution in [2.75, 3.05) is 13.7 Å². The Kier molecular flexibility index (Phi) is 4.54. The maximum absolute atomic E-state index is 11.5. The zero-order valence-corrected chi connectivity index (χ0v) is 15.2. The molecule has 0 unspecified atom stereocenters. The number of hydrogen-bond acceptors (Lipinski definition) is 7. The maximum Gasteiger partial charge on any atom is 0.308 e. The summed E-state index contributed by atoms with van der Waals surface area (Å²) in [5.74, 6) is -1.82. The third-order valence-corrected chi connectivity index (χ3v) is 6.60. The number of alkyl halides is 1. The summed E-state index contributed by atoms with van der Waals surface area (Å²) < 4.78 is 29.7. The summed E-state index contributed by atoms with van der Waals surface area (Å²) in [4.78, 5) is 11.5. The number of rotatable bonds is 2. The third-order valence-electron chi connectivity index (χ3n) is 6.04. The second-order valence-electron chi connectivity index (χ2n) is 7.62. The van der Waals surface area contributed by atoms with Gasteiger partial charge in [0, 0.05) is 32.3 Å². The second kappa shape index (κ2) is 6.32. The van der Waals surface area contributed by atoms with Crippen LogP contribution in [0.4, 0.5) is 0 Å². The molecule has 4 fully saturated rings. The van der Waals surface area contributed by atoms with Crippen LogP contribution in [0.3, 0.4) is 0 Å². The van der Waals surface area contributed by atoms with Crippen LogP contribution in [0.15, 0.2) is 0 Å². The van der Waals surface area contributed by atoms with Gasteiger partial charge in [-0.3, -0.25) is 4.79 Å². The van der Waals surface area contributed by atoms with Gasteiger partial charge in [0.25, 0.3) is 0 Å². The molecule has 0 amide bonds. The van der Waals surface area contributed by atoms with E-state index in [0.717, 1.165) is 6.42 Å². The van der Waals surface area contributed by atoms with Crippen LogP contribution in [0.5, 0.6) is 0 Å². The Labute approximate surface area is 151 Å². The van der Waals surface area contributed by atoms with Crippen LogP contribution in [0.25, 0.3) is 0 Å². The Balaban J connectivity index is 1.57. The molecule has 8 heteroatoms. The zero-order chi connectivity index (χ0) is 17.8. The summed E-state index contributed by atoms with van der Waals surface area (Å²) in [7, 11) is 1.60. The fourth-order valence-electron chi connectivity index (χ4n) is 4.60. The van der Waals surface area contributed by atoms with Crippen LogP contribution in [-0.2, 0) is 28.5 Å². The van der Waals surface area contributed by atoms with Crippen molar-refractivity contribution in [1.82, 2.24) is 0 Å². The quantitative estimate of drug-likeness (QED) is 0.575. The van der Waals surface area contributed by atoms with E-state index in [1.807, 2.05) is 0 Å². The molecule has 8 atom stereocenters. The van der Waals surface area contributed by atoms with Gasteiger partial charge in [0.2, 0.25) is 0 Å². The fourth-order valence-corrected chi connectivity index (χ4v) is 4.92. The maximum atomic E-state index is 11.5. The summed E-state index contributed by atoms with van der Waals surface area (Å²) in [6.07, 6.45) is 1.38. The minimum atomic E-state index is -0.908. The smallest absolute Gasteiger partial charge is 0.308 e. The van der Waals surface area contributed by atoms with Gasteiger partial charge in [-0.2, -0.15) is 0 Å². The van der Waals surface area contributed by atoms with Crippen LogP contribution in [0.2, 0.25) is 0 Å². The van der Waals surface area contributed by atoms with E-state index in [-0.39, 0.29) is 43.2 Å². The Morgan fingerprint density at radius 2 is 2.12 bits per heavy atom. The second-order valence-corrected chi connectivity index (χ2v) is 8.12. The van der Waals surface area contributed by atoms with Crippen molar-refractivity contribution < 1.29 is 33.6 Å². The molecule has 0 radical (unpaired) electrons. The Morgan fingerprint density at radius 1 is 1.32 bits per heavy atom. The Bertz CT molecular complexity index is 511. The van der Waals surface area contributed by atoms with E-state index in [1.54, 1.807) is 7.11 Å². The van der Waals surface area contributed by atoms with E-state index in [1.165, 1.54) is 0 Å². The standard InChI is InChI=1S/C17H25ClO7/c1-9-3-4-16(6-12(21-2)15(18)13(8-19)23-16)25-17(9)7-11-10(24-17)5-14(20)22-11/h9-13,15,19H,3-8H2,1-2H3/t9-,10-,11-,12+,13+,15-,16+,17+/m0/s1. The molecular weight excluding hydrogens is 352 g/mol. The number of halogens is 1. The summed E-state index contributed by atoms with van der Waals surface area (Å²) in [6.45, 7) is 1.88. The molecule has 25 heavy (non-hydrogen) atoms. The van der Waals surface area contributed by atoms with Gasteiger partial charge in [0.1, 0.15) is 18.3 Å². The number of fused-ring (bicyclic) bond motifs is 1. The van der Waals surface area contributed by atoms with Crippen LogP contribution < -0.4 is 0 Å². The average molecular weight is 377 g/mol. The molecule has 4 heterocycles. The molecule has 0 aromatic carbocycles. The SMILES string of the molecule is CO[C@@H]1C[C@]2(CC[C@H](C)[C@@]3(C[C@@H]4OC(=O)C[C@@H]4O3)O2)O[C@H](CO)[C@H]1Cl. The number of esters is 1. The summed E-state index contributed by atoms with van der Waals surface area (Å²) in [5.41, 5.74) is 0. The lowest BCUT2D eigenvalue weighted by molar-refractivity contribution is -0.414. The molecule has 4 rings (SSSR count). The van der Waals surface area contributed by atoms with E-state index in [2.05, 4.69) is 6.92 Å². The van der Waals surface area contributed by atoms with Crippen molar-refractivity contribution in [3.05, 3.63) is 0 Å². The van der Waals surface area contributed by atoms with Gasteiger partial charge in [0.15, 0.2) is 11.6 Å². The highest BCUT2D eigenvalue weighted by molar-refractivity contribution is 6.21. The highest BCUT2D eigenvalue weighted by atomic mass is 35.5. The number of carbonyl (C=O) groups is 1. The van der Waals surface area contributed by atoms with Crippen molar-refractivity contribution in [3.8, 4) is 0 Å². The van der Waals surface area contributed by atoms with Crippen LogP contribution in [-0.4, -0.2) is 66.2 Å². The van der Waals surface area contributed by atoms with Crippen molar-refractivity contribution in [2.24, 2.45) is 5.92 Å². The molecule has 4 saturated heterocycles. The van der Waals surface area contributed by atoms with Gasteiger partial charge >= 0.3 is 5.97 Å². The molecule has 0 bridgehead atoms. The highest BCUT2D eigenvalue weighted by Crippen LogP contribution is 2.53. The van der Waals surface area contributed by atoms with Crippen LogP contribution in [0, 0.1) is 5.92 Å². The normalized spacial score (nSPS) is 52.6. The van der Waals surface area contributed by atoms with Gasteiger partial charge in [-0.15, -0.1) is 11.6 Å². The molecule has 0 aromatic heterocycles. The Morgan fingerprint density at radius 3 is 2.80 bits per heavy atom. The van der Waals surface area contributed by atoms with Crippen molar-refractivity contribution >= 4 is 17.6 Å². The number of aliphatic hydroxyl groups excluding tert-OH is 1. The first kappa shape index (κ1) is 17.9. The molecule has 2 spiro atoms. The molecule has 7 nitrogen and oxygen atoms in total. The van der Waals surface area contributed by atoms with Gasteiger partial charge in [-0.25, -0.2) is 0 Å². The third kappa shape index (κ3) is 2.89. The van der Waals surface area contributed by atoms with E-state index in [0.29, 0.717) is 19.3 Å². The first-order valence-corrected chi connectivity index (χ1v) is 9.37. The Hall–Kier alpha value is -0.440. The number of carbonyl (C=O) groups excluding carboxylic acids is 1. The average Bonchev–Trinajstić information content (AvgIpc) is 3.07. The van der Waals surface area contributed by atoms with Gasteiger partial charge < -0.3 is 28.8 Å². The van der Waals surface area contributed by atoms with E-state index < -0.39 is 23.1 Å². The minimum Gasteiger partial charge on any atom is -0.459 e. The van der Waals surface area contributed by atoms with Crippen molar-refractivity contribution in [3.63, 3.8) is 0 Å². The lowest BCUT2D eigenvalue weighted by atomic mass is 9.83. The first-order chi connectivity index (χ1) is 11.9. The van der Waals surface area contributed by atoms with E-state index in [9.17, 15) is 9.90 Å². The number of hydrogen-bond donors (Lipinski definition) is 1. The number of aliphatic hydroxyl groups is 1. The summed E-state index contributed by atoms with van der Waals surface area (Å²) in [5, 5.41) is 9.21. The largest absolute Gasteiger partial charge is 0.459 e. The minimum absolute atomic E-state index is 0.147. The number of methoxy groups -OCH3 is 1. The van der Waals surface area contributed by atoms with Gasteiger partial charge in [-0.1, -0.05) is 6.92 Å². The summed E-state index contributed by atoms with van der Waals surface area (Å²) >= 11 is 6.37. The lowest BCUT2D eigenvalue weighted by Crippen LogP contribution is -2.62. The molecule has 0 saturated carbocycles. The monoisotopic (exact) mass is 376 g/mol. The fraction of sp³-hybridized carbons (Fsp3) is 0.941. The lowest BCUT2D eigenvalue weighted by Gasteiger charge is -2.53. The van der Waals surface area contributed by atoms with Crippen molar-refractivity contribution in [1.29, 1.82) is 0 Å². The zero-order valence-electron chi connectivity index (χ0n) is 14.5. The van der Waals surface area contributed by atoms with Crippen LogP contribution in [0.1, 0.15) is 39.0 Å². The van der Waals surface area contributed by atoms with Crippen molar-refractivity contribution in [2.45, 2.75) is 80.4 Å². The molecule has 0 aromatic rings. The summed E-state index contributed by atoms with van der Waals surface area (Å²) in [6, 6.07) is 0. The van der Waals surface area contributed by atoms with E-state index in [4.69, 9.17) is 35.3 Å². The molecule has 142 valence electrons. The molecule has 0 aliphatic carbocycles. The molecule has 4 aliphatic heterocycles. The topological polar surface area (TPSA) is 83.5 Å². The van der Waals surface area contributed by atoms with Gasteiger partial charge in [0.05, 0.1) is 24.5 Å². The van der Waals surface area contributed by atoms with E-state index >= 15 is 0 Å². The predicted molar refractivity (Wildman–Crippen MR) is 85.9 cm³/mol. The molecule has 1 N–H and O–H groups in total.